The van der Waals surface area contributed by atoms with Crippen molar-refractivity contribution in [2.75, 3.05) is 0 Å². The van der Waals surface area contributed by atoms with Crippen LogP contribution in [0.1, 0.15) is 94.2 Å². The lowest BCUT2D eigenvalue weighted by molar-refractivity contribution is 0.838. The second kappa shape index (κ2) is 12.5. The van der Waals surface area contributed by atoms with Crippen molar-refractivity contribution in [1.82, 2.24) is 0 Å². The molecule has 0 radical (unpaired) electrons. The molecule has 0 amide bonds. The molecule has 0 N–H and O–H groups in total. The van der Waals surface area contributed by atoms with Gasteiger partial charge in [0.1, 0.15) is 16.1 Å². The van der Waals surface area contributed by atoms with Crippen LogP contribution in [0.2, 0.25) is 33.2 Å². The van der Waals surface area contributed by atoms with Crippen molar-refractivity contribution in [2.24, 2.45) is 0 Å². The molecule has 3 aromatic carbocycles. The highest BCUT2D eigenvalue weighted by molar-refractivity contribution is 7.17. The maximum absolute atomic E-state index is 4.10. The van der Waals surface area contributed by atoms with Gasteiger partial charge >= 0.3 is 0 Å². The molecule has 0 bridgehead atoms. The van der Waals surface area contributed by atoms with Crippen LogP contribution < -0.4 is 0 Å². The fraction of sp³-hybridized carbons (Fsp3) is 0.450. The van der Waals surface area contributed by atoms with Crippen molar-refractivity contribution in [3.8, 4) is 22.9 Å². The maximum Gasteiger partial charge on any atom is 0.146 e. The van der Waals surface area contributed by atoms with Gasteiger partial charge in [-0.25, -0.2) is 0 Å². The van der Waals surface area contributed by atoms with E-state index in [1.54, 1.807) is 0 Å². The molecule has 5 aromatic rings. The number of hydrogen-bond donors (Lipinski definition) is 0. The van der Waals surface area contributed by atoms with Gasteiger partial charge in [0, 0.05) is 31.3 Å². The fourth-order valence-electron chi connectivity index (χ4n) is 8.61. The number of hydrogen-bond acceptors (Lipinski definition) is 2. The van der Waals surface area contributed by atoms with Crippen LogP contribution in [0.5, 0.6) is 0 Å². The molecule has 0 saturated heterocycles. The van der Waals surface area contributed by atoms with Gasteiger partial charge in [-0.15, -0.1) is 33.8 Å². The summed E-state index contributed by atoms with van der Waals surface area (Å²) in [5.41, 5.74) is 14.1. The van der Waals surface area contributed by atoms with Gasteiger partial charge in [0.15, 0.2) is 0 Å². The highest BCUT2D eigenvalue weighted by atomic mass is 32.1. The summed E-state index contributed by atoms with van der Waals surface area (Å²) in [5.74, 6) is 7.93. The Hall–Kier alpha value is -2.35. The van der Waals surface area contributed by atoms with Gasteiger partial charge in [0.2, 0.25) is 0 Å². The van der Waals surface area contributed by atoms with Crippen molar-refractivity contribution in [3.63, 3.8) is 0 Å². The number of thiophene rings is 2. The van der Waals surface area contributed by atoms with Crippen LogP contribution in [-0.4, -0.2) is 16.1 Å². The Morgan fingerprint density at radius 1 is 0.455 bits per heavy atom. The number of fused-ring (bicyclic) bond motifs is 4. The Bertz CT molecular complexity index is 1690. The monoisotopic (exact) mass is 650 g/mol. The Morgan fingerprint density at radius 3 is 1.05 bits per heavy atom. The first-order valence-corrected chi connectivity index (χ1v) is 22.8. The van der Waals surface area contributed by atoms with E-state index in [9.17, 15) is 0 Å². The molecule has 0 saturated carbocycles. The fourth-order valence-corrected chi connectivity index (χ4v) is 20.6. The molecule has 0 nitrogen and oxygen atoms in total. The van der Waals surface area contributed by atoms with E-state index in [0.717, 1.165) is 0 Å². The van der Waals surface area contributed by atoms with Crippen LogP contribution >= 0.6 is 22.7 Å². The molecule has 0 fully saturated rings. The van der Waals surface area contributed by atoms with Crippen molar-refractivity contribution >= 4 is 80.5 Å². The summed E-state index contributed by atoms with van der Waals surface area (Å²) >= 11 is 3.65. The molecule has 5 rings (SSSR count). The smallest absolute Gasteiger partial charge is 0.144 e. The molecule has 0 aliphatic rings. The predicted octanol–water partition coefficient (Wildman–Crippen LogP) is 13.6. The zero-order valence-electron chi connectivity index (χ0n) is 28.9. The summed E-state index contributed by atoms with van der Waals surface area (Å²) in [7, 11) is -3.87. The van der Waals surface area contributed by atoms with Gasteiger partial charge in [0.25, 0.3) is 0 Å². The van der Waals surface area contributed by atoms with Gasteiger partial charge in [0.05, 0.1) is 0 Å². The lowest BCUT2D eigenvalue weighted by Gasteiger charge is -2.38. The Kier molecular flexibility index (Phi) is 9.35. The number of rotatable bonds is 6. The first-order valence-electron chi connectivity index (χ1n) is 16.6. The summed E-state index contributed by atoms with van der Waals surface area (Å²) in [6, 6.07) is 14.2. The van der Waals surface area contributed by atoms with E-state index < -0.39 is 16.1 Å². The topological polar surface area (TPSA) is 0 Å². The molecular formula is C40H50S2Si2. The van der Waals surface area contributed by atoms with Gasteiger partial charge in [-0.1, -0.05) is 94.9 Å². The molecule has 0 aliphatic heterocycles. The van der Waals surface area contributed by atoms with Crippen LogP contribution in [0.4, 0.5) is 0 Å². The van der Waals surface area contributed by atoms with Crippen molar-refractivity contribution < 1.29 is 0 Å². The summed E-state index contributed by atoms with van der Waals surface area (Å²) < 4.78 is 2.65. The van der Waals surface area contributed by atoms with Gasteiger partial charge < -0.3 is 0 Å². The molecule has 0 aliphatic carbocycles. The molecule has 44 heavy (non-hydrogen) atoms. The minimum Gasteiger partial charge on any atom is -0.144 e. The zero-order chi connectivity index (χ0) is 32.1. The first-order chi connectivity index (χ1) is 20.7. The van der Waals surface area contributed by atoms with Crippen molar-refractivity contribution in [3.05, 3.63) is 58.3 Å². The van der Waals surface area contributed by atoms with E-state index in [4.69, 9.17) is 0 Å². The van der Waals surface area contributed by atoms with Crippen LogP contribution in [0, 0.1) is 22.9 Å². The van der Waals surface area contributed by atoms with Gasteiger partial charge in [-0.3, -0.25) is 0 Å². The Balaban J connectivity index is 1.98. The molecule has 230 valence electrons. The number of benzene rings is 3. The predicted molar refractivity (Wildman–Crippen MR) is 208 cm³/mol. The largest absolute Gasteiger partial charge is 0.146 e. The molecule has 0 atom stereocenters. The third-order valence-electron chi connectivity index (χ3n) is 10.8. The maximum atomic E-state index is 4.10. The van der Waals surface area contributed by atoms with Crippen molar-refractivity contribution in [1.29, 1.82) is 0 Å². The highest BCUT2D eigenvalue weighted by Gasteiger charge is 2.42. The molecule has 0 spiro atoms. The van der Waals surface area contributed by atoms with E-state index in [-0.39, 0.29) is 0 Å². The van der Waals surface area contributed by atoms with E-state index in [0.29, 0.717) is 33.2 Å². The Morgan fingerprint density at radius 2 is 0.750 bits per heavy atom. The van der Waals surface area contributed by atoms with E-state index in [2.05, 4.69) is 153 Å². The second-order valence-electron chi connectivity index (χ2n) is 14.8. The van der Waals surface area contributed by atoms with Gasteiger partial charge in [-0.2, -0.15) is 0 Å². The molecule has 2 heterocycles. The quantitative estimate of drug-likeness (QED) is 0.0974. The molecule has 0 unspecified atom stereocenters. The summed E-state index contributed by atoms with van der Waals surface area (Å²) in [5, 5.41) is 12.1. The SMILES string of the molecule is CC(C)[Si](C#Cc1c2cc3ccsc3cc2c(C#C[Si](C(C)C)(C(C)C)C(C)C)c2cc3sccc3cc12)(C(C)C)C(C)C. The van der Waals surface area contributed by atoms with Crippen LogP contribution in [0.15, 0.2) is 47.2 Å². The third kappa shape index (κ3) is 5.31. The lowest BCUT2D eigenvalue weighted by atomic mass is 9.91. The first kappa shape index (κ1) is 33.0. The van der Waals surface area contributed by atoms with Gasteiger partial charge in [-0.05, 0) is 102 Å². The zero-order valence-corrected chi connectivity index (χ0v) is 32.5. The molecule has 4 heteroatoms. The van der Waals surface area contributed by atoms with Crippen LogP contribution in [0.3, 0.4) is 0 Å². The average Bonchev–Trinajstić information content (AvgIpc) is 3.59. The summed E-state index contributed by atoms with van der Waals surface area (Å²) in [6.07, 6.45) is 0. The average molecular weight is 651 g/mol. The highest BCUT2D eigenvalue weighted by Crippen LogP contribution is 2.44. The minimum atomic E-state index is -1.94. The summed E-state index contributed by atoms with van der Waals surface area (Å²) in [4.78, 5) is 0. The Labute approximate surface area is 276 Å². The standard InChI is InChI=1S/C40H50S2Si2/c1-25(2)43(26(3)4,27(5)6)19-15-33-35-21-31-13-17-41-39(31)23-37(35)34(16-20-44(28(7)8,29(9)10)30(11)12)38-24-40-32(14-18-42-40)22-36(33)38/h13-14,17-18,21-30H,1-12H3. The second-order valence-corrected chi connectivity index (χ2v) is 27.8. The van der Waals surface area contributed by atoms with Crippen LogP contribution in [0.25, 0.3) is 41.7 Å². The van der Waals surface area contributed by atoms with E-state index in [1.165, 1.54) is 52.8 Å². The summed E-state index contributed by atoms with van der Waals surface area (Å²) in [6.45, 7) is 28.9. The third-order valence-corrected chi connectivity index (χ3v) is 25.1. The van der Waals surface area contributed by atoms with E-state index >= 15 is 0 Å². The van der Waals surface area contributed by atoms with Crippen LogP contribution in [-0.2, 0) is 0 Å². The lowest BCUT2D eigenvalue weighted by Crippen LogP contribution is -2.43. The molecular weight excluding hydrogens is 601 g/mol. The normalized spacial score (nSPS) is 13.0. The molecule has 2 aromatic heterocycles. The minimum absolute atomic E-state index is 0.589. The van der Waals surface area contributed by atoms with Crippen molar-refractivity contribution in [2.45, 2.75) is 116 Å². The van der Waals surface area contributed by atoms with E-state index in [1.807, 2.05) is 22.7 Å².